The van der Waals surface area contributed by atoms with Crippen molar-refractivity contribution in [2.75, 3.05) is 5.32 Å². The lowest BCUT2D eigenvalue weighted by molar-refractivity contribution is -0.115. The van der Waals surface area contributed by atoms with Gasteiger partial charge in [0.05, 0.1) is 15.8 Å². The maximum Gasteiger partial charge on any atom is 0.253 e. The van der Waals surface area contributed by atoms with E-state index in [1.54, 1.807) is 30.0 Å². The fourth-order valence-corrected chi connectivity index (χ4v) is 4.28. The summed E-state index contributed by atoms with van der Waals surface area (Å²) in [5.74, 6) is -0.209. The van der Waals surface area contributed by atoms with Crippen molar-refractivity contribution >= 4 is 40.9 Å². The lowest BCUT2D eigenvalue weighted by atomic mass is 10.1. The first-order valence-corrected chi connectivity index (χ1v) is 9.52. The van der Waals surface area contributed by atoms with Crippen molar-refractivity contribution in [2.45, 2.75) is 35.4 Å². The molecular formula is C19H17ClN2O2S. The smallest absolute Gasteiger partial charge is 0.253 e. The summed E-state index contributed by atoms with van der Waals surface area (Å²) in [4.78, 5) is 25.8. The van der Waals surface area contributed by atoms with Crippen LogP contribution in [0.4, 0.5) is 5.69 Å². The summed E-state index contributed by atoms with van der Waals surface area (Å²) < 4.78 is 0. The Labute approximate surface area is 155 Å². The molecule has 128 valence electrons. The Balaban J connectivity index is 1.42. The quantitative estimate of drug-likeness (QED) is 0.856. The number of benzene rings is 2. The summed E-state index contributed by atoms with van der Waals surface area (Å²) in [6, 6.07) is 13.4. The number of carbonyl (C=O) groups is 2. The molecule has 0 aromatic heterocycles. The van der Waals surface area contributed by atoms with Crippen molar-refractivity contribution in [1.29, 1.82) is 0 Å². The number of rotatable bonds is 4. The van der Waals surface area contributed by atoms with Gasteiger partial charge in [-0.25, -0.2) is 0 Å². The molecule has 1 atom stereocenters. The van der Waals surface area contributed by atoms with Crippen LogP contribution in [0.1, 0.15) is 28.8 Å². The molecule has 1 saturated carbocycles. The van der Waals surface area contributed by atoms with E-state index in [2.05, 4.69) is 16.7 Å². The highest BCUT2D eigenvalue weighted by Gasteiger charge is 2.28. The van der Waals surface area contributed by atoms with Crippen LogP contribution in [0, 0.1) is 0 Å². The molecule has 2 aliphatic rings. The van der Waals surface area contributed by atoms with Crippen LogP contribution in [0.25, 0.3) is 0 Å². The lowest BCUT2D eigenvalue weighted by Crippen LogP contribution is -2.26. The molecule has 0 saturated heterocycles. The summed E-state index contributed by atoms with van der Waals surface area (Å²) in [6.07, 6.45) is 2.78. The number of hydrogen-bond acceptors (Lipinski definition) is 3. The monoisotopic (exact) mass is 372 g/mol. The third-order valence-electron chi connectivity index (χ3n) is 4.33. The van der Waals surface area contributed by atoms with Crippen LogP contribution in [0.2, 0.25) is 5.02 Å². The molecule has 1 fully saturated rings. The first-order chi connectivity index (χ1) is 12.1. The number of anilines is 1. The number of thioether (sulfide) groups is 1. The second-order valence-corrected chi connectivity index (χ2v) is 8.00. The van der Waals surface area contributed by atoms with Crippen LogP contribution in [0.5, 0.6) is 0 Å². The van der Waals surface area contributed by atoms with E-state index in [1.807, 2.05) is 18.2 Å². The number of fused-ring (bicyclic) bond motifs is 1. The van der Waals surface area contributed by atoms with Gasteiger partial charge in [-0.15, -0.1) is 11.8 Å². The van der Waals surface area contributed by atoms with Crippen LogP contribution >= 0.6 is 23.4 Å². The van der Waals surface area contributed by atoms with E-state index in [1.165, 1.54) is 5.56 Å². The molecule has 1 unspecified atom stereocenters. The van der Waals surface area contributed by atoms with Crippen molar-refractivity contribution in [2.24, 2.45) is 0 Å². The second kappa shape index (κ2) is 6.73. The lowest BCUT2D eigenvalue weighted by Gasteiger charge is -2.12. The summed E-state index contributed by atoms with van der Waals surface area (Å²) in [5.41, 5.74) is 2.25. The minimum absolute atomic E-state index is 0.0487. The molecule has 1 aliphatic carbocycles. The average Bonchev–Trinajstić information content (AvgIpc) is 3.29. The van der Waals surface area contributed by atoms with Gasteiger partial charge >= 0.3 is 0 Å². The average molecular weight is 373 g/mol. The first-order valence-electron chi connectivity index (χ1n) is 8.26. The van der Waals surface area contributed by atoms with Gasteiger partial charge in [0.25, 0.3) is 5.91 Å². The summed E-state index contributed by atoms with van der Waals surface area (Å²) >= 11 is 7.81. The van der Waals surface area contributed by atoms with Gasteiger partial charge in [0.15, 0.2) is 0 Å². The van der Waals surface area contributed by atoms with E-state index >= 15 is 0 Å². The van der Waals surface area contributed by atoms with Gasteiger partial charge in [-0.3, -0.25) is 9.59 Å². The summed E-state index contributed by atoms with van der Waals surface area (Å²) in [6.45, 7) is 0. The van der Waals surface area contributed by atoms with E-state index in [0.29, 0.717) is 16.3 Å². The zero-order valence-corrected chi connectivity index (χ0v) is 15.0. The molecule has 2 aromatic carbocycles. The predicted molar refractivity (Wildman–Crippen MR) is 100 cm³/mol. The highest BCUT2D eigenvalue weighted by atomic mass is 35.5. The zero-order valence-electron chi connectivity index (χ0n) is 13.4. The molecule has 0 spiro atoms. The molecule has 25 heavy (non-hydrogen) atoms. The van der Waals surface area contributed by atoms with Crippen molar-refractivity contribution in [1.82, 2.24) is 5.32 Å². The molecule has 1 aliphatic heterocycles. The Morgan fingerprint density at radius 3 is 2.64 bits per heavy atom. The van der Waals surface area contributed by atoms with Crippen LogP contribution < -0.4 is 10.6 Å². The Bertz CT molecular complexity index is 826. The third kappa shape index (κ3) is 3.67. The molecule has 6 heteroatoms. The molecule has 2 N–H and O–H groups in total. The predicted octanol–water partition coefficient (Wildman–Crippen LogP) is 3.89. The SMILES string of the molecule is O=C(NC1CC1)c1ccc(NC(=O)C2Cc3ccccc3S2)cc1Cl. The normalized spacial score (nSPS) is 18.5. The van der Waals surface area contributed by atoms with Gasteiger partial charge in [0.2, 0.25) is 5.91 Å². The largest absolute Gasteiger partial charge is 0.349 e. The van der Waals surface area contributed by atoms with Gasteiger partial charge in [0.1, 0.15) is 0 Å². The minimum atomic E-state index is -0.160. The van der Waals surface area contributed by atoms with E-state index < -0.39 is 0 Å². The number of carbonyl (C=O) groups excluding carboxylic acids is 2. The molecular weight excluding hydrogens is 356 g/mol. The molecule has 2 amide bonds. The summed E-state index contributed by atoms with van der Waals surface area (Å²) in [7, 11) is 0. The topological polar surface area (TPSA) is 58.2 Å². The van der Waals surface area contributed by atoms with Gasteiger partial charge in [-0.1, -0.05) is 29.8 Å². The Morgan fingerprint density at radius 1 is 1.12 bits per heavy atom. The van der Waals surface area contributed by atoms with E-state index in [9.17, 15) is 9.59 Å². The van der Waals surface area contributed by atoms with Crippen LogP contribution in [0.3, 0.4) is 0 Å². The van der Waals surface area contributed by atoms with Crippen molar-refractivity contribution in [3.05, 3.63) is 58.6 Å². The molecule has 4 rings (SSSR count). The van der Waals surface area contributed by atoms with Crippen LogP contribution in [-0.4, -0.2) is 23.1 Å². The zero-order chi connectivity index (χ0) is 17.4. The maximum absolute atomic E-state index is 12.5. The highest BCUT2D eigenvalue weighted by Crippen LogP contribution is 2.37. The number of nitrogens with one attached hydrogen (secondary N) is 2. The Hall–Kier alpha value is -1.98. The van der Waals surface area contributed by atoms with Crippen LogP contribution in [0.15, 0.2) is 47.4 Å². The van der Waals surface area contributed by atoms with Crippen molar-refractivity contribution in [3.63, 3.8) is 0 Å². The van der Waals surface area contributed by atoms with E-state index in [4.69, 9.17) is 11.6 Å². The van der Waals surface area contributed by atoms with Crippen LogP contribution in [-0.2, 0) is 11.2 Å². The number of hydrogen-bond donors (Lipinski definition) is 2. The second-order valence-electron chi connectivity index (χ2n) is 6.35. The molecule has 4 nitrogen and oxygen atoms in total. The molecule has 0 radical (unpaired) electrons. The van der Waals surface area contributed by atoms with Gasteiger partial charge in [0, 0.05) is 16.6 Å². The molecule has 1 heterocycles. The minimum Gasteiger partial charge on any atom is -0.349 e. The molecule has 2 aromatic rings. The number of halogens is 1. The van der Waals surface area contributed by atoms with Crippen molar-refractivity contribution in [3.8, 4) is 0 Å². The van der Waals surface area contributed by atoms with Crippen molar-refractivity contribution < 1.29 is 9.59 Å². The highest BCUT2D eigenvalue weighted by molar-refractivity contribution is 8.01. The molecule has 0 bridgehead atoms. The first kappa shape index (κ1) is 16.5. The fourth-order valence-electron chi connectivity index (χ4n) is 2.82. The van der Waals surface area contributed by atoms with E-state index in [-0.39, 0.29) is 23.1 Å². The fraction of sp³-hybridized carbons (Fsp3) is 0.263. The third-order valence-corrected chi connectivity index (χ3v) is 5.96. The Kier molecular flexibility index (Phi) is 4.44. The Morgan fingerprint density at radius 2 is 1.92 bits per heavy atom. The van der Waals surface area contributed by atoms with E-state index in [0.717, 1.165) is 24.2 Å². The standard InChI is InChI=1S/C19H17ClN2O2S/c20-15-10-13(7-8-14(15)18(23)21-12-5-6-12)22-19(24)17-9-11-3-1-2-4-16(11)25-17/h1-4,7-8,10,12,17H,5-6,9H2,(H,21,23)(H,22,24). The number of amides is 2. The van der Waals surface area contributed by atoms with Gasteiger partial charge in [-0.2, -0.15) is 0 Å². The summed E-state index contributed by atoms with van der Waals surface area (Å²) in [5, 5.41) is 6.02. The van der Waals surface area contributed by atoms with Gasteiger partial charge in [-0.05, 0) is 49.1 Å². The maximum atomic E-state index is 12.5. The van der Waals surface area contributed by atoms with Gasteiger partial charge < -0.3 is 10.6 Å².